The average molecular weight is 527 g/mol. The molecular weight excluding hydrogens is 499 g/mol. The number of halogens is 1. The first-order chi connectivity index (χ1) is 19.6. The van der Waals surface area contributed by atoms with Gasteiger partial charge in [0, 0.05) is 46.2 Å². The van der Waals surface area contributed by atoms with E-state index in [9.17, 15) is 9.18 Å². The Morgan fingerprint density at radius 3 is 2.35 bits per heavy atom. The smallest absolute Gasteiger partial charge is 0.271 e. The van der Waals surface area contributed by atoms with Crippen LogP contribution in [0.3, 0.4) is 0 Å². The van der Waals surface area contributed by atoms with Crippen LogP contribution in [0.5, 0.6) is 0 Å². The minimum absolute atomic E-state index is 0.254. The lowest BCUT2D eigenvalue weighted by atomic mass is 10.1. The summed E-state index contributed by atoms with van der Waals surface area (Å²) in [5.41, 5.74) is 10.4. The molecule has 0 fully saturated rings. The van der Waals surface area contributed by atoms with E-state index in [2.05, 4.69) is 50.9 Å². The number of aromatic nitrogens is 2. The number of rotatable bonds is 7. The zero-order chi connectivity index (χ0) is 27.5. The summed E-state index contributed by atoms with van der Waals surface area (Å²) in [6.07, 6.45) is 3.65. The molecule has 2 heterocycles. The fourth-order valence-electron chi connectivity index (χ4n) is 5.00. The van der Waals surface area contributed by atoms with Crippen molar-refractivity contribution in [3.8, 4) is 16.9 Å². The molecule has 0 saturated heterocycles. The van der Waals surface area contributed by atoms with Crippen LogP contribution in [0.2, 0.25) is 0 Å². The third kappa shape index (κ3) is 5.07. The van der Waals surface area contributed by atoms with Crippen molar-refractivity contribution in [2.45, 2.75) is 13.5 Å². The van der Waals surface area contributed by atoms with Gasteiger partial charge < -0.3 is 9.13 Å². The fraction of sp³-hybridized carbons (Fsp3) is 0.0588. The number of amides is 1. The maximum atomic E-state index is 13.3. The van der Waals surface area contributed by atoms with Gasteiger partial charge in [0.05, 0.1) is 11.9 Å². The molecule has 0 bridgehead atoms. The minimum Gasteiger partial charge on any atom is -0.342 e. The molecule has 40 heavy (non-hydrogen) atoms. The number of carbonyl (C=O) groups is 1. The number of hydrogen-bond acceptors (Lipinski definition) is 2. The van der Waals surface area contributed by atoms with E-state index < -0.39 is 0 Å². The molecular formula is C34H27FN4O. The summed E-state index contributed by atoms with van der Waals surface area (Å²) in [7, 11) is 0. The quantitative estimate of drug-likeness (QED) is 0.172. The van der Waals surface area contributed by atoms with Gasteiger partial charge in [-0.15, -0.1) is 0 Å². The molecule has 0 aliphatic carbocycles. The van der Waals surface area contributed by atoms with E-state index in [1.54, 1.807) is 18.3 Å². The van der Waals surface area contributed by atoms with Crippen molar-refractivity contribution in [3.63, 3.8) is 0 Å². The highest BCUT2D eigenvalue weighted by Gasteiger charge is 2.11. The molecule has 6 rings (SSSR count). The Balaban J connectivity index is 1.18. The molecule has 0 saturated carbocycles. The Kier molecular flexibility index (Phi) is 6.81. The topological polar surface area (TPSA) is 51.3 Å². The molecule has 196 valence electrons. The van der Waals surface area contributed by atoms with Gasteiger partial charge in [0.1, 0.15) is 5.82 Å². The Hall–Kier alpha value is -5.23. The van der Waals surface area contributed by atoms with Crippen LogP contribution in [-0.4, -0.2) is 21.3 Å². The molecule has 6 heteroatoms. The van der Waals surface area contributed by atoms with Crippen LogP contribution in [0.25, 0.3) is 27.8 Å². The monoisotopic (exact) mass is 526 g/mol. The predicted molar refractivity (Wildman–Crippen MR) is 158 cm³/mol. The van der Waals surface area contributed by atoms with Crippen LogP contribution in [0.4, 0.5) is 4.39 Å². The standard InChI is InChI=1S/C34H27FN4O/c1-24-11-20-32(26-7-3-2-4-8-26)39(24)30-18-14-27(15-19-30)34(40)37-36-21-28-23-38(33-10-6-5-9-31(28)33)22-25-12-16-29(35)17-13-25/h2-21,23H,22H2,1H3,(H,37,40)/b36-21+. The molecule has 0 aliphatic heterocycles. The van der Waals surface area contributed by atoms with Gasteiger partial charge in [-0.1, -0.05) is 60.7 Å². The lowest BCUT2D eigenvalue weighted by Gasteiger charge is -2.12. The first-order valence-corrected chi connectivity index (χ1v) is 13.1. The van der Waals surface area contributed by atoms with Crippen molar-refractivity contribution in [1.29, 1.82) is 0 Å². The second-order valence-electron chi connectivity index (χ2n) is 9.66. The maximum absolute atomic E-state index is 13.3. The number of fused-ring (bicyclic) bond motifs is 1. The number of nitrogens with zero attached hydrogens (tertiary/aromatic N) is 3. The first-order valence-electron chi connectivity index (χ1n) is 13.1. The highest BCUT2D eigenvalue weighted by atomic mass is 19.1. The summed E-state index contributed by atoms with van der Waals surface area (Å²) in [4.78, 5) is 12.9. The lowest BCUT2D eigenvalue weighted by Crippen LogP contribution is -2.17. The van der Waals surface area contributed by atoms with Crippen LogP contribution < -0.4 is 5.43 Å². The molecule has 2 aromatic heterocycles. The summed E-state index contributed by atoms with van der Waals surface area (Å²) < 4.78 is 17.6. The molecule has 6 aromatic rings. The van der Waals surface area contributed by atoms with Crippen LogP contribution >= 0.6 is 0 Å². The lowest BCUT2D eigenvalue weighted by molar-refractivity contribution is 0.0955. The highest BCUT2D eigenvalue weighted by molar-refractivity contribution is 6.00. The second kappa shape index (κ2) is 10.9. The molecule has 4 aromatic carbocycles. The van der Waals surface area contributed by atoms with Gasteiger partial charge in [0.25, 0.3) is 5.91 Å². The summed E-state index contributed by atoms with van der Waals surface area (Å²) in [6.45, 7) is 2.67. The number of hydrogen-bond donors (Lipinski definition) is 1. The maximum Gasteiger partial charge on any atom is 0.271 e. The van der Waals surface area contributed by atoms with E-state index >= 15 is 0 Å². The summed E-state index contributed by atoms with van der Waals surface area (Å²) >= 11 is 0. The molecule has 0 radical (unpaired) electrons. The van der Waals surface area contributed by atoms with Crippen LogP contribution in [0, 0.1) is 12.7 Å². The minimum atomic E-state index is -0.287. The van der Waals surface area contributed by atoms with Gasteiger partial charge in [-0.25, -0.2) is 9.82 Å². The number of hydrazone groups is 1. The second-order valence-corrected chi connectivity index (χ2v) is 9.66. The van der Waals surface area contributed by atoms with Crippen molar-refractivity contribution in [1.82, 2.24) is 14.6 Å². The summed E-state index contributed by atoms with van der Waals surface area (Å²) in [5.74, 6) is -0.540. The molecule has 0 unspecified atom stereocenters. The SMILES string of the molecule is Cc1ccc(-c2ccccc2)n1-c1ccc(C(=O)N/N=C/c2cn(Cc3ccc(F)cc3)c3ccccc23)cc1. The zero-order valence-electron chi connectivity index (χ0n) is 22.0. The van der Waals surface area contributed by atoms with Crippen LogP contribution in [0.15, 0.2) is 127 Å². The van der Waals surface area contributed by atoms with Crippen molar-refractivity contribution >= 4 is 23.0 Å². The summed E-state index contributed by atoms with van der Waals surface area (Å²) in [5, 5.41) is 5.26. The molecule has 1 N–H and O–H groups in total. The Morgan fingerprint density at radius 1 is 0.850 bits per heavy atom. The highest BCUT2D eigenvalue weighted by Crippen LogP contribution is 2.26. The van der Waals surface area contributed by atoms with Gasteiger partial charge >= 0.3 is 0 Å². The van der Waals surface area contributed by atoms with Crippen molar-refractivity contribution in [3.05, 3.63) is 150 Å². The molecule has 0 aliphatic rings. The molecule has 0 spiro atoms. The van der Waals surface area contributed by atoms with E-state index in [0.29, 0.717) is 12.1 Å². The molecule has 1 amide bonds. The average Bonchev–Trinajstić information content (AvgIpc) is 3.55. The Labute approximate surface area is 231 Å². The van der Waals surface area contributed by atoms with Gasteiger partial charge in [-0.05, 0) is 72.6 Å². The number of nitrogens with one attached hydrogen (secondary N) is 1. The van der Waals surface area contributed by atoms with Crippen LogP contribution in [-0.2, 0) is 6.54 Å². The molecule has 5 nitrogen and oxygen atoms in total. The van der Waals surface area contributed by atoms with Gasteiger partial charge in [-0.2, -0.15) is 5.10 Å². The van der Waals surface area contributed by atoms with Crippen molar-refractivity contribution < 1.29 is 9.18 Å². The Bertz CT molecular complexity index is 1810. The van der Waals surface area contributed by atoms with Gasteiger partial charge in [0.2, 0.25) is 0 Å². The van der Waals surface area contributed by atoms with E-state index in [-0.39, 0.29) is 11.7 Å². The van der Waals surface area contributed by atoms with E-state index in [1.807, 2.05) is 72.9 Å². The Morgan fingerprint density at radius 2 is 1.57 bits per heavy atom. The van der Waals surface area contributed by atoms with Crippen molar-refractivity contribution in [2.75, 3.05) is 0 Å². The number of carbonyl (C=O) groups excluding carboxylic acids is 1. The third-order valence-electron chi connectivity index (χ3n) is 6.99. The van der Waals surface area contributed by atoms with Gasteiger partial charge in [-0.3, -0.25) is 4.79 Å². The third-order valence-corrected chi connectivity index (χ3v) is 6.99. The predicted octanol–water partition coefficient (Wildman–Crippen LogP) is 7.36. The fourth-order valence-corrected chi connectivity index (χ4v) is 5.00. The molecule has 0 atom stereocenters. The van der Waals surface area contributed by atoms with Gasteiger partial charge in [0.15, 0.2) is 0 Å². The largest absolute Gasteiger partial charge is 0.342 e. The van der Waals surface area contributed by atoms with E-state index in [0.717, 1.165) is 44.7 Å². The number of benzene rings is 4. The zero-order valence-corrected chi connectivity index (χ0v) is 22.0. The van der Waals surface area contributed by atoms with Crippen molar-refractivity contribution in [2.24, 2.45) is 5.10 Å². The van der Waals surface area contributed by atoms with E-state index in [4.69, 9.17) is 0 Å². The first kappa shape index (κ1) is 25.1. The summed E-state index contributed by atoms with van der Waals surface area (Å²) in [6, 6.07) is 36.4. The van der Waals surface area contributed by atoms with Crippen LogP contribution in [0.1, 0.15) is 27.2 Å². The number of aryl methyl sites for hydroxylation is 1. The number of para-hydroxylation sites is 1. The van der Waals surface area contributed by atoms with E-state index in [1.165, 1.54) is 12.1 Å². The normalized spacial score (nSPS) is 11.3.